The van der Waals surface area contributed by atoms with Crippen LogP contribution in [0.4, 0.5) is 0 Å². The monoisotopic (exact) mass is 314 g/mol. The van der Waals surface area contributed by atoms with Gasteiger partial charge < -0.3 is 14.2 Å². The van der Waals surface area contributed by atoms with Gasteiger partial charge in [-0.15, -0.1) is 0 Å². The van der Waals surface area contributed by atoms with E-state index in [-0.39, 0.29) is 0 Å². The van der Waals surface area contributed by atoms with Crippen molar-refractivity contribution in [2.24, 2.45) is 17.8 Å². The van der Waals surface area contributed by atoms with E-state index in [1.807, 2.05) is 0 Å². The Bertz CT molecular complexity index is 267. The van der Waals surface area contributed by atoms with E-state index < -0.39 is 0 Å². The quantitative estimate of drug-likeness (QED) is 0.518. The first-order valence-corrected chi connectivity index (χ1v) is 9.35. The average molecular weight is 315 g/mol. The number of rotatable bonds is 11. The summed E-state index contributed by atoms with van der Waals surface area (Å²) in [5, 5.41) is 0. The van der Waals surface area contributed by atoms with Gasteiger partial charge in [0.25, 0.3) is 0 Å². The van der Waals surface area contributed by atoms with Crippen LogP contribution in [0.1, 0.15) is 66.7 Å². The lowest BCUT2D eigenvalue weighted by Gasteiger charge is -2.37. The Morgan fingerprint density at radius 2 is 1.77 bits per heavy atom. The van der Waals surface area contributed by atoms with Gasteiger partial charge in [0.05, 0.1) is 25.4 Å². The second-order valence-corrected chi connectivity index (χ2v) is 7.29. The molecule has 22 heavy (non-hydrogen) atoms. The van der Waals surface area contributed by atoms with Gasteiger partial charge >= 0.3 is 0 Å². The molecule has 0 heterocycles. The van der Waals surface area contributed by atoms with Crippen LogP contribution in [-0.2, 0) is 14.2 Å². The highest BCUT2D eigenvalue weighted by Gasteiger charge is 2.31. The minimum Gasteiger partial charge on any atom is -0.379 e. The largest absolute Gasteiger partial charge is 0.379 e. The first kappa shape index (κ1) is 19.9. The molecule has 0 saturated heterocycles. The van der Waals surface area contributed by atoms with Crippen LogP contribution in [0.5, 0.6) is 0 Å². The summed E-state index contributed by atoms with van der Waals surface area (Å²) in [5.41, 5.74) is 0. The Morgan fingerprint density at radius 3 is 2.45 bits per heavy atom. The van der Waals surface area contributed by atoms with Crippen LogP contribution in [-0.4, -0.2) is 38.6 Å². The molecule has 1 fully saturated rings. The molecule has 3 nitrogen and oxygen atoms in total. The summed E-state index contributed by atoms with van der Waals surface area (Å²) in [5.74, 6) is 2.28. The molecule has 1 aliphatic carbocycles. The van der Waals surface area contributed by atoms with Crippen LogP contribution in [0.15, 0.2) is 0 Å². The average Bonchev–Trinajstić information content (AvgIpc) is 2.49. The van der Waals surface area contributed by atoms with Crippen molar-refractivity contribution >= 4 is 0 Å². The highest BCUT2D eigenvalue weighted by molar-refractivity contribution is 4.81. The molecule has 4 unspecified atom stereocenters. The van der Waals surface area contributed by atoms with Crippen LogP contribution in [0.2, 0.25) is 0 Å². The van der Waals surface area contributed by atoms with E-state index in [0.29, 0.717) is 25.4 Å². The van der Waals surface area contributed by atoms with Crippen molar-refractivity contribution in [2.45, 2.75) is 78.9 Å². The Balaban J connectivity index is 2.05. The molecule has 0 aromatic heterocycles. The lowest BCUT2D eigenvalue weighted by atomic mass is 9.75. The Labute approximate surface area is 138 Å². The van der Waals surface area contributed by atoms with Crippen molar-refractivity contribution in [3.63, 3.8) is 0 Å². The second-order valence-electron chi connectivity index (χ2n) is 7.29. The molecule has 3 heteroatoms. The maximum absolute atomic E-state index is 6.18. The third-order valence-corrected chi connectivity index (χ3v) is 4.93. The van der Waals surface area contributed by atoms with Gasteiger partial charge in [0, 0.05) is 13.2 Å². The van der Waals surface area contributed by atoms with Crippen molar-refractivity contribution in [3.8, 4) is 0 Å². The number of ether oxygens (including phenoxy) is 3. The van der Waals surface area contributed by atoms with E-state index in [0.717, 1.165) is 43.8 Å². The maximum Gasteiger partial charge on any atom is 0.0704 e. The molecule has 0 aromatic carbocycles. The van der Waals surface area contributed by atoms with Gasteiger partial charge in [0.2, 0.25) is 0 Å². The van der Waals surface area contributed by atoms with E-state index in [1.165, 1.54) is 19.3 Å². The van der Waals surface area contributed by atoms with Gasteiger partial charge in [-0.2, -0.15) is 0 Å². The fourth-order valence-electron chi connectivity index (χ4n) is 3.23. The summed E-state index contributed by atoms with van der Waals surface area (Å²) in [6.07, 6.45) is 6.76. The third kappa shape index (κ3) is 7.94. The normalized spacial score (nSPS) is 27.3. The minimum absolute atomic E-state index is 0.341. The molecule has 1 rings (SSSR count). The molecule has 1 aliphatic rings. The summed E-state index contributed by atoms with van der Waals surface area (Å²) in [6, 6.07) is 0. The molecule has 0 radical (unpaired) electrons. The topological polar surface area (TPSA) is 27.7 Å². The number of hydrogen-bond acceptors (Lipinski definition) is 3. The fourth-order valence-corrected chi connectivity index (χ4v) is 3.23. The molecule has 132 valence electrons. The van der Waals surface area contributed by atoms with Gasteiger partial charge in [-0.1, -0.05) is 34.1 Å². The fraction of sp³-hybridized carbons (Fsp3) is 1.00. The van der Waals surface area contributed by atoms with Crippen LogP contribution in [0.3, 0.4) is 0 Å². The third-order valence-electron chi connectivity index (χ3n) is 4.93. The van der Waals surface area contributed by atoms with E-state index >= 15 is 0 Å². The van der Waals surface area contributed by atoms with Crippen LogP contribution in [0.25, 0.3) is 0 Å². The first-order valence-electron chi connectivity index (χ1n) is 9.35. The van der Waals surface area contributed by atoms with Crippen LogP contribution >= 0.6 is 0 Å². The molecular formula is C19H38O3. The molecule has 0 aliphatic heterocycles. The molecule has 0 N–H and O–H groups in total. The molecule has 0 spiro atoms. The Kier molecular flexibility index (Phi) is 10.3. The number of hydrogen-bond donors (Lipinski definition) is 0. The van der Waals surface area contributed by atoms with Gasteiger partial charge in [-0.3, -0.25) is 0 Å². The zero-order chi connectivity index (χ0) is 16.4. The predicted octanol–water partition coefficient (Wildman–Crippen LogP) is 4.69. The molecule has 1 saturated carbocycles. The molecule has 0 aromatic rings. The van der Waals surface area contributed by atoms with Gasteiger partial charge in [0.15, 0.2) is 0 Å². The minimum atomic E-state index is 0.341. The predicted molar refractivity (Wildman–Crippen MR) is 92.2 cm³/mol. The zero-order valence-electron chi connectivity index (χ0n) is 15.5. The summed E-state index contributed by atoms with van der Waals surface area (Å²) in [4.78, 5) is 0. The lowest BCUT2D eigenvalue weighted by Crippen LogP contribution is -2.34. The zero-order valence-corrected chi connectivity index (χ0v) is 15.5. The van der Waals surface area contributed by atoms with Crippen LogP contribution < -0.4 is 0 Å². The highest BCUT2D eigenvalue weighted by atomic mass is 16.5. The van der Waals surface area contributed by atoms with Crippen molar-refractivity contribution in [3.05, 3.63) is 0 Å². The summed E-state index contributed by atoms with van der Waals surface area (Å²) < 4.78 is 17.4. The standard InChI is InChI=1S/C19H38O3/c1-6-17(5)21-13-12-20-10-7-11-22-19-14-16(4)8-9-18(19)15(2)3/h15-19H,6-14H2,1-5H3. The Hall–Kier alpha value is -0.120. The van der Waals surface area contributed by atoms with Crippen molar-refractivity contribution in [1.82, 2.24) is 0 Å². The smallest absolute Gasteiger partial charge is 0.0704 e. The molecule has 4 atom stereocenters. The van der Waals surface area contributed by atoms with Crippen LogP contribution in [0, 0.1) is 17.8 Å². The molecule has 0 amide bonds. The van der Waals surface area contributed by atoms with Gasteiger partial charge in [-0.05, 0) is 50.4 Å². The molecular weight excluding hydrogens is 276 g/mol. The van der Waals surface area contributed by atoms with E-state index in [1.54, 1.807) is 0 Å². The lowest BCUT2D eigenvalue weighted by molar-refractivity contribution is -0.0473. The Morgan fingerprint density at radius 1 is 1.00 bits per heavy atom. The van der Waals surface area contributed by atoms with Crippen molar-refractivity contribution in [2.75, 3.05) is 26.4 Å². The van der Waals surface area contributed by atoms with Crippen molar-refractivity contribution in [1.29, 1.82) is 0 Å². The van der Waals surface area contributed by atoms with E-state index in [2.05, 4.69) is 34.6 Å². The van der Waals surface area contributed by atoms with E-state index in [4.69, 9.17) is 14.2 Å². The van der Waals surface area contributed by atoms with E-state index in [9.17, 15) is 0 Å². The SMILES string of the molecule is CCC(C)OCCOCCCOC1CC(C)CCC1C(C)C. The summed E-state index contributed by atoms with van der Waals surface area (Å²) in [7, 11) is 0. The summed E-state index contributed by atoms with van der Waals surface area (Å²) in [6.45, 7) is 14.3. The maximum atomic E-state index is 6.18. The molecule has 0 bridgehead atoms. The highest BCUT2D eigenvalue weighted by Crippen LogP contribution is 2.35. The van der Waals surface area contributed by atoms with Crippen molar-refractivity contribution < 1.29 is 14.2 Å². The second kappa shape index (κ2) is 11.4. The summed E-state index contributed by atoms with van der Waals surface area (Å²) >= 11 is 0. The first-order chi connectivity index (χ1) is 10.5. The van der Waals surface area contributed by atoms with Gasteiger partial charge in [-0.25, -0.2) is 0 Å². The van der Waals surface area contributed by atoms with Gasteiger partial charge in [0.1, 0.15) is 0 Å².